The van der Waals surface area contributed by atoms with Crippen molar-refractivity contribution in [1.29, 1.82) is 0 Å². The molecule has 0 aliphatic rings. The number of rotatable bonds is 1. The van der Waals surface area contributed by atoms with Crippen molar-refractivity contribution in [3.63, 3.8) is 0 Å². The van der Waals surface area contributed by atoms with E-state index in [4.69, 9.17) is 0 Å². The molecule has 0 aliphatic heterocycles. The first-order valence-electron chi connectivity index (χ1n) is 1.69. The second-order valence-electron chi connectivity index (χ2n) is 0.902. The molecular formula is C4H7OP. The van der Waals surface area contributed by atoms with Gasteiger partial charge in [0.2, 0.25) is 0 Å². The summed E-state index contributed by atoms with van der Waals surface area (Å²) in [7, 11) is 2.05. The summed E-state index contributed by atoms with van der Waals surface area (Å²) >= 11 is 0. The Morgan fingerprint density at radius 2 is 2.33 bits per heavy atom. The second-order valence-corrected chi connectivity index (χ2v) is 1.47. The molecule has 0 rings (SSSR count). The smallest absolute Gasteiger partial charge is 0.170 e. The minimum absolute atomic E-state index is 0.0255. The van der Waals surface area contributed by atoms with E-state index in [1.807, 2.05) is 6.92 Å². The molecule has 6 heavy (non-hydrogen) atoms. The van der Waals surface area contributed by atoms with E-state index >= 15 is 0 Å². The van der Waals surface area contributed by atoms with Gasteiger partial charge >= 0.3 is 0 Å². The van der Waals surface area contributed by atoms with Crippen LogP contribution in [0.3, 0.4) is 0 Å². The topological polar surface area (TPSA) is 17.1 Å². The van der Waals surface area contributed by atoms with Crippen molar-refractivity contribution < 1.29 is 4.79 Å². The first-order valence-corrected chi connectivity index (χ1v) is 2.27. The largest absolute Gasteiger partial charge is 0.290 e. The Balaban J connectivity index is 3.30. The molecule has 0 bridgehead atoms. The molecular weight excluding hydrogens is 95.0 g/mol. The average Bonchev–Trinajstić information content (AvgIpc) is 1.35. The molecule has 0 saturated heterocycles. The van der Waals surface area contributed by atoms with E-state index in [0.717, 1.165) is 0 Å². The predicted molar refractivity (Wildman–Crippen MR) is 29.5 cm³/mol. The van der Waals surface area contributed by atoms with Crippen molar-refractivity contribution in [1.82, 2.24) is 0 Å². The van der Waals surface area contributed by atoms with Gasteiger partial charge in [0, 0.05) is 0 Å². The van der Waals surface area contributed by atoms with Gasteiger partial charge in [-0.1, -0.05) is 15.3 Å². The fourth-order valence-electron chi connectivity index (χ4n) is 0.164. The fraction of sp³-hybridized carbons (Fsp3) is 0.250. The summed E-state index contributed by atoms with van der Waals surface area (Å²) in [4.78, 5) is 9.92. The standard InChI is InChI=1S/C4H7OP/c1-2-3-4(5)6/h2-3H,6H2,1H3/b3-2+. The predicted octanol–water partition coefficient (Wildman–Crippen LogP) is 0.964. The number of carbonyl (C=O) groups is 1. The molecule has 0 saturated carbocycles. The summed E-state index contributed by atoms with van der Waals surface area (Å²) in [5, 5.41) is 0. The highest BCUT2D eigenvalue weighted by atomic mass is 31.0. The number of allylic oxidation sites excluding steroid dienone is 2. The van der Waals surface area contributed by atoms with Gasteiger partial charge in [0.1, 0.15) is 0 Å². The Labute approximate surface area is 39.6 Å². The maximum Gasteiger partial charge on any atom is 0.170 e. The van der Waals surface area contributed by atoms with Gasteiger partial charge in [-0.05, 0) is 13.0 Å². The summed E-state index contributed by atoms with van der Waals surface area (Å²) in [6, 6.07) is 0. The molecule has 1 atom stereocenters. The first-order chi connectivity index (χ1) is 2.77. The lowest BCUT2D eigenvalue weighted by Gasteiger charge is -1.68. The molecule has 0 aromatic rings. The monoisotopic (exact) mass is 102 g/mol. The summed E-state index contributed by atoms with van der Waals surface area (Å²) in [5.74, 6) is 0. The van der Waals surface area contributed by atoms with E-state index in [1.165, 1.54) is 6.08 Å². The molecule has 0 aromatic heterocycles. The van der Waals surface area contributed by atoms with Crippen molar-refractivity contribution >= 4 is 14.8 Å². The third-order valence-electron chi connectivity index (χ3n) is 0.331. The van der Waals surface area contributed by atoms with Crippen LogP contribution in [0.2, 0.25) is 0 Å². The van der Waals surface area contributed by atoms with E-state index in [9.17, 15) is 4.79 Å². The fourth-order valence-corrected chi connectivity index (χ4v) is 0.357. The Kier molecular flexibility index (Phi) is 2.97. The minimum atomic E-state index is 0.0255. The van der Waals surface area contributed by atoms with Crippen LogP contribution in [0.4, 0.5) is 0 Å². The van der Waals surface area contributed by atoms with Gasteiger partial charge in [0.25, 0.3) is 0 Å². The molecule has 0 amide bonds. The van der Waals surface area contributed by atoms with Crippen molar-refractivity contribution in [2.75, 3.05) is 0 Å². The maximum atomic E-state index is 9.92. The highest BCUT2D eigenvalue weighted by molar-refractivity contribution is 7.40. The molecule has 0 aliphatic carbocycles. The van der Waals surface area contributed by atoms with Crippen LogP contribution < -0.4 is 0 Å². The summed E-state index contributed by atoms with van der Waals surface area (Å²) in [6.45, 7) is 1.81. The van der Waals surface area contributed by atoms with Gasteiger partial charge in [0.15, 0.2) is 5.52 Å². The summed E-state index contributed by atoms with van der Waals surface area (Å²) < 4.78 is 0. The van der Waals surface area contributed by atoms with Crippen LogP contribution in [0.1, 0.15) is 6.92 Å². The van der Waals surface area contributed by atoms with Gasteiger partial charge in [-0.2, -0.15) is 0 Å². The SMILES string of the molecule is C/C=C/C(=O)P. The van der Waals surface area contributed by atoms with Crippen LogP contribution in [0.25, 0.3) is 0 Å². The van der Waals surface area contributed by atoms with Crippen LogP contribution >= 0.6 is 9.24 Å². The molecule has 0 spiro atoms. The van der Waals surface area contributed by atoms with E-state index in [2.05, 4.69) is 9.24 Å². The quantitative estimate of drug-likeness (QED) is 0.356. The van der Waals surface area contributed by atoms with Crippen LogP contribution in [0.5, 0.6) is 0 Å². The van der Waals surface area contributed by atoms with E-state index in [0.29, 0.717) is 0 Å². The zero-order valence-electron chi connectivity index (χ0n) is 3.64. The maximum absolute atomic E-state index is 9.92. The van der Waals surface area contributed by atoms with Crippen molar-refractivity contribution in [3.8, 4) is 0 Å². The Hall–Kier alpha value is -0.160. The van der Waals surface area contributed by atoms with E-state index < -0.39 is 0 Å². The highest BCUT2D eigenvalue weighted by Gasteiger charge is 1.73. The van der Waals surface area contributed by atoms with Crippen LogP contribution in [0.15, 0.2) is 12.2 Å². The molecule has 0 fully saturated rings. The van der Waals surface area contributed by atoms with Gasteiger partial charge in [-0.15, -0.1) is 0 Å². The van der Waals surface area contributed by atoms with Crippen molar-refractivity contribution in [3.05, 3.63) is 12.2 Å². The van der Waals surface area contributed by atoms with Gasteiger partial charge in [-0.3, -0.25) is 4.79 Å². The zero-order chi connectivity index (χ0) is 4.99. The molecule has 0 aromatic carbocycles. The van der Waals surface area contributed by atoms with Crippen LogP contribution in [0, 0.1) is 0 Å². The van der Waals surface area contributed by atoms with Gasteiger partial charge in [-0.25, -0.2) is 0 Å². The molecule has 0 N–H and O–H groups in total. The normalized spacial score (nSPS) is 9.67. The molecule has 0 heterocycles. The second kappa shape index (κ2) is 3.05. The Bertz CT molecular complexity index is 75.6. The molecule has 1 nitrogen and oxygen atoms in total. The molecule has 1 unspecified atom stereocenters. The van der Waals surface area contributed by atoms with Gasteiger partial charge in [0.05, 0.1) is 0 Å². The third-order valence-corrected chi connectivity index (χ3v) is 0.523. The average molecular weight is 102 g/mol. The first kappa shape index (κ1) is 5.84. The molecule has 2 heteroatoms. The molecule has 34 valence electrons. The highest BCUT2D eigenvalue weighted by Crippen LogP contribution is 1.83. The number of hydrogen-bond donors (Lipinski definition) is 0. The van der Waals surface area contributed by atoms with Crippen LogP contribution in [-0.4, -0.2) is 5.52 Å². The van der Waals surface area contributed by atoms with Crippen molar-refractivity contribution in [2.24, 2.45) is 0 Å². The third kappa shape index (κ3) is 3.84. The number of hydrogen-bond acceptors (Lipinski definition) is 1. The number of carbonyl (C=O) groups excluding carboxylic acids is 1. The van der Waals surface area contributed by atoms with E-state index in [-0.39, 0.29) is 5.52 Å². The van der Waals surface area contributed by atoms with Crippen LogP contribution in [-0.2, 0) is 4.79 Å². The Morgan fingerprint density at radius 3 is 2.33 bits per heavy atom. The van der Waals surface area contributed by atoms with Gasteiger partial charge < -0.3 is 0 Å². The molecule has 0 radical (unpaired) electrons. The van der Waals surface area contributed by atoms with Crippen molar-refractivity contribution in [2.45, 2.75) is 6.92 Å². The summed E-state index contributed by atoms with van der Waals surface area (Å²) in [5.41, 5.74) is 0.0255. The van der Waals surface area contributed by atoms with E-state index in [1.54, 1.807) is 6.08 Å². The lowest BCUT2D eigenvalue weighted by molar-refractivity contribution is -0.107. The Morgan fingerprint density at radius 1 is 1.83 bits per heavy atom. The zero-order valence-corrected chi connectivity index (χ0v) is 4.79. The minimum Gasteiger partial charge on any atom is -0.290 e. The lowest BCUT2D eigenvalue weighted by Crippen LogP contribution is -1.68. The summed E-state index contributed by atoms with van der Waals surface area (Å²) in [6.07, 6.45) is 3.19. The lowest BCUT2D eigenvalue weighted by atomic mass is 10.6.